The fourth-order valence-corrected chi connectivity index (χ4v) is 2.73. The Bertz CT molecular complexity index is 537. The van der Waals surface area contributed by atoms with Crippen LogP contribution >= 0.6 is 0 Å². The van der Waals surface area contributed by atoms with Crippen LogP contribution in [0.4, 0.5) is 5.69 Å². The Hall–Kier alpha value is -1.88. The lowest BCUT2D eigenvalue weighted by Crippen LogP contribution is -2.24. The molecular formula is C17H25N3O2. The van der Waals surface area contributed by atoms with Gasteiger partial charge in [0.05, 0.1) is 0 Å². The van der Waals surface area contributed by atoms with Gasteiger partial charge >= 0.3 is 0 Å². The minimum Gasteiger partial charge on any atom is -0.352 e. The van der Waals surface area contributed by atoms with E-state index in [-0.39, 0.29) is 11.8 Å². The van der Waals surface area contributed by atoms with Crippen molar-refractivity contribution in [1.82, 2.24) is 10.6 Å². The summed E-state index contributed by atoms with van der Waals surface area (Å²) in [5.41, 5.74) is 2.29. The quantitative estimate of drug-likeness (QED) is 0.754. The van der Waals surface area contributed by atoms with E-state index in [1.807, 2.05) is 13.8 Å². The Morgan fingerprint density at radius 2 is 2.18 bits per heavy atom. The Kier molecular flexibility index (Phi) is 5.95. The molecule has 22 heavy (non-hydrogen) atoms. The van der Waals surface area contributed by atoms with Gasteiger partial charge in [0.1, 0.15) is 0 Å². The molecule has 0 radical (unpaired) electrons. The van der Waals surface area contributed by atoms with Gasteiger partial charge in [0, 0.05) is 30.3 Å². The van der Waals surface area contributed by atoms with Crippen molar-refractivity contribution in [3.05, 3.63) is 29.3 Å². The first-order chi connectivity index (χ1) is 10.6. The standard InChI is InChI=1S/C17H25N3O2/c1-3-18-17(22)13-6-8-15(12(2)11-13)20-16(21)9-7-14-5-4-10-19-14/h6,8,11,14,19H,3-5,7,9-10H2,1-2H3,(H,18,22)(H,20,21). The molecule has 2 rings (SSSR count). The van der Waals surface area contributed by atoms with E-state index in [0.717, 1.165) is 30.6 Å². The lowest BCUT2D eigenvalue weighted by molar-refractivity contribution is -0.116. The highest BCUT2D eigenvalue weighted by Crippen LogP contribution is 2.18. The number of rotatable bonds is 6. The number of carbonyl (C=O) groups excluding carboxylic acids is 2. The van der Waals surface area contributed by atoms with Crippen LogP contribution in [0.5, 0.6) is 0 Å². The predicted octanol–water partition coefficient (Wildman–Crippen LogP) is 2.22. The SMILES string of the molecule is CCNC(=O)c1ccc(NC(=O)CCC2CCCN2)c(C)c1. The summed E-state index contributed by atoms with van der Waals surface area (Å²) in [7, 11) is 0. The first-order valence-corrected chi connectivity index (χ1v) is 8.02. The molecular weight excluding hydrogens is 278 g/mol. The molecule has 1 aliphatic rings. The van der Waals surface area contributed by atoms with Crippen LogP contribution in [-0.2, 0) is 4.79 Å². The van der Waals surface area contributed by atoms with Crippen molar-refractivity contribution in [3.63, 3.8) is 0 Å². The van der Waals surface area contributed by atoms with Crippen LogP contribution < -0.4 is 16.0 Å². The second kappa shape index (κ2) is 7.94. The van der Waals surface area contributed by atoms with Gasteiger partial charge in [-0.05, 0) is 63.4 Å². The molecule has 0 aliphatic carbocycles. The molecule has 2 amide bonds. The van der Waals surface area contributed by atoms with E-state index >= 15 is 0 Å². The lowest BCUT2D eigenvalue weighted by Gasteiger charge is -2.12. The summed E-state index contributed by atoms with van der Waals surface area (Å²) >= 11 is 0. The Morgan fingerprint density at radius 1 is 1.36 bits per heavy atom. The van der Waals surface area contributed by atoms with Gasteiger partial charge < -0.3 is 16.0 Å². The highest BCUT2D eigenvalue weighted by atomic mass is 16.2. The molecule has 1 aromatic carbocycles. The van der Waals surface area contributed by atoms with Gasteiger partial charge in [-0.1, -0.05) is 0 Å². The number of carbonyl (C=O) groups is 2. The zero-order valence-corrected chi connectivity index (χ0v) is 13.4. The molecule has 1 unspecified atom stereocenters. The predicted molar refractivity (Wildman–Crippen MR) is 88.1 cm³/mol. The molecule has 1 saturated heterocycles. The van der Waals surface area contributed by atoms with Crippen LogP contribution in [0.3, 0.4) is 0 Å². The monoisotopic (exact) mass is 303 g/mol. The average molecular weight is 303 g/mol. The maximum Gasteiger partial charge on any atom is 0.251 e. The molecule has 120 valence electrons. The molecule has 0 saturated carbocycles. The van der Waals surface area contributed by atoms with Gasteiger partial charge in [0.25, 0.3) is 5.91 Å². The summed E-state index contributed by atoms with van der Waals surface area (Å²) in [5.74, 6) is -0.0571. The second-order valence-electron chi connectivity index (χ2n) is 5.77. The number of hydrogen-bond acceptors (Lipinski definition) is 3. The van der Waals surface area contributed by atoms with Crippen molar-refractivity contribution >= 4 is 17.5 Å². The average Bonchev–Trinajstić information content (AvgIpc) is 3.01. The van der Waals surface area contributed by atoms with Crippen molar-refractivity contribution in [3.8, 4) is 0 Å². The van der Waals surface area contributed by atoms with E-state index in [1.54, 1.807) is 18.2 Å². The van der Waals surface area contributed by atoms with E-state index in [0.29, 0.717) is 24.6 Å². The zero-order valence-electron chi connectivity index (χ0n) is 13.4. The Labute approximate surface area is 131 Å². The molecule has 1 aliphatic heterocycles. The second-order valence-corrected chi connectivity index (χ2v) is 5.77. The molecule has 5 heteroatoms. The summed E-state index contributed by atoms with van der Waals surface area (Å²) in [6, 6.07) is 5.82. The van der Waals surface area contributed by atoms with Gasteiger partial charge in [-0.25, -0.2) is 0 Å². The molecule has 3 N–H and O–H groups in total. The lowest BCUT2D eigenvalue weighted by atomic mass is 10.1. The normalized spacial score (nSPS) is 17.3. The highest BCUT2D eigenvalue weighted by molar-refractivity contribution is 5.96. The van der Waals surface area contributed by atoms with Crippen LogP contribution in [0.15, 0.2) is 18.2 Å². The number of hydrogen-bond donors (Lipinski definition) is 3. The van der Waals surface area contributed by atoms with E-state index in [4.69, 9.17) is 0 Å². The fourth-order valence-electron chi connectivity index (χ4n) is 2.73. The van der Waals surface area contributed by atoms with Crippen molar-refractivity contribution in [1.29, 1.82) is 0 Å². The molecule has 0 spiro atoms. The van der Waals surface area contributed by atoms with Gasteiger partial charge in [-0.2, -0.15) is 0 Å². The van der Waals surface area contributed by atoms with Gasteiger partial charge in [0.15, 0.2) is 0 Å². The third-order valence-electron chi connectivity index (χ3n) is 3.98. The fraction of sp³-hybridized carbons (Fsp3) is 0.529. The molecule has 0 aromatic heterocycles. The number of anilines is 1. The minimum absolute atomic E-state index is 0.0301. The number of aryl methyl sites for hydroxylation is 1. The highest BCUT2D eigenvalue weighted by Gasteiger charge is 2.15. The van der Waals surface area contributed by atoms with E-state index < -0.39 is 0 Å². The smallest absolute Gasteiger partial charge is 0.251 e. The topological polar surface area (TPSA) is 70.2 Å². The molecule has 1 fully saturated rings. The van der Waals surface area contributed by atoms with Crippen molar-refractivity contribution in [2.24, 2.45) is 0 Å². The molecule has 5 nitrogen and oxygen atoms in total. The molecule has 1 atom stereocenters. The number of benzene rings is 1. The number of amides is 2. The van der Waals surface area contributed by atoms with Crippen LogP contribution in [0.2, 0.25) is 0 Å². The minimum atomic E-state index is -0.0872. The van der Waals surface area contributed by atoms with Gasteiger partial charge in [0.2, 0.25) is 5.91 Å². The van der Waals surface area contributed by atoms with Crippen LogP contribution in [0.25, 0.3) is 0 Å². The summed E-state index contributed by atoms with van der Waals surface area (Å²) in [5, 5.41) is 9.10. The van der Waals surface area contributed by atoms with Crippen LogP contribution in [-0.4, -0.2) is 30.9 Å². The van der Waals surface area contributed by atoms with Gasteiger partial charge in [-0.15, -0.1) is 0 Å². The summed E-state index contributed by atoms with van der Waals surface area (Å²) in [6.45, 7) is 5.45. The summed E-state index contributed by atoms with van der Waals surface area (Å²) < 4.78 is 0. The van der Waals surface area contributed by atoms with Crippen LogP contribution in [0, 0.1) is 6.92 Å². The van der Waals surface area contributed by atoms with E-state index in [1.165, 1.54) is 6.42 Å². The molecule has 1 aromatic rings. The third kappa shape index (κ3) is 4.56. The maximum absolute atomic E-state index is 12.0. The number of nitrogens with one attached hydrogen (secondary N) is 3. The largest absolute Gasteiger partial charge is 0.352 e. The van der Waals surface area contributed by atoms with E-state index in [2.05, 4.69) is 16.0 Å². The maximum atomic E-state index is 12.0. The Morgan fingerprint density at radius 3 is 2.82 bits per heavy atom. The third-order valence-corrected chi connectivity index (χ3v) is 3.98. The summed E-state index contributed by atoms with van der Waals surface area (Å²) in [4.78, 5) is 23.8. The van der Waals surface area contributed by atoms with Gasteiger partial charge in [-0.3, -0.25) is 9.59 Å². The van der Waals surface area contributed by atoms with Crippen molar-refractivity contribution < 1.29 is 9.59 Å². The van der Waals surface area contributed by atoms with Crippen LogP contribution in [0.1, 0.15) is 48.5 Å². The Balaban J connectivity index is 1.88. The zero-order chi connectivity index (χ0) is 15.9. The van der Waals surface area contributed by atoms with Crippen molar-refractivity contribution in [2.45, 2.75) is 45.6 Å². The summed E-state index contributed by atoms with van der Waals surface area (Å²) in [6.07, 6.45) is 3.76. The first kappa shape index (κ1) is 16.5. The first-order valence-electron chi connectivity index (χ1n) is 8.02. The molecule has 1 heterocycles. The van der Waals surface area contributed by atoms with E-state index in [9.17, 15) is 9.59 Å². The van der Waals surface area contributed by atoms with Crippen molar-refractivity contribution in [2.75, 3.05) is 18.4 Å². The molecule has 0 bridgehead atoms.